The Morgan fingerprint density at radius 2 is 1.67 bits per heavy atom. The largest absolute Gasteiger partial charge is 0.459 e. The first-order valence-electron chi connectivity index (χ1n) is 9.46. The van der Waals surface area contributed by atoms with E-state index in [9.17, 15) is 9.59 Å². The molecule has 1 heterocycles. The highest BCUT2D eigenvalue weighted by Crippen LogP contribution is 2.31. The number of hydrogen-bond acceptors (Lipinski definition) is 5. The van der Waals surface area contributed by atoms with Crippen LogP contribution >= 0.6 is 23.2 Å². The number of hydrogen-bond donors (Lipinski definition) is 0. The third-order valence-electron chi connectivity index (χ3n) is 4.20. The standard InChI is InChI=1S/C22H23Cl2NO5/c1-22(2,3)30-18(26)13-25(20(27)19-16(23)8-5-9-17(19)24)15-7-4-6-14(12-15)21-28-10-11-29-21/h4-9,12,21H,10-11,13H2,1-3H3. The normalized spacial score (nSPS) is 14.6. The van der Waals surface area contributed by atoms with Crippen molar-refractivity contribution in [1.29, 1.82) is 0 Å². The molecule has 0 radical (unpaired) electrons. The summed E-state index contributed by atoms with van der Waals surface area (Å²) < 4.78 is 16.5. The Labute approximate surface area is 185 Å². The summed E-state index contributed by atoms with van der Waals surface area (Å²) in [5.41, 5.74) is 0.625. The molecule has 160 valence electrons. The van der Waals surface area contributed by atoms with Gasteiger partial charge in [0, 0.05) is 11.3 Å². The highest BCUT2D eigenvalue weighted by Gasteiger charge is 2.28. The molecule has 0 bridgehead atoms. The van der Waals surface area contributed by atoms with E-state index in [1.807, 2.05) is 6.07 Å². The molecule has 1 amide bonds. The molecule has 1 aliphatic rings. The average molecular weight is 452 g/mol. The summed E-state index contributed by atoms with van der Waals surface area (Å²) in [6, 6.07) is 11.8. The van der Waals surface area contributed by atoms with Crippen LogP contribution in [0, 0.1) is 0 Å². The fourth-order valence-corrected chi connectivity index (χ4v) is 3.57. The fourth-order valence-electron chi connectivity index (χ4n) is 3.01. The lowest BCUT2D eigenvalue weighted by molar-refractivity contribution is -0.152. The zero-order chi connectivity index (χ0) is 21.9. The Balaban J connectivity index is 1.98. The molecule has 3 rings (SSSR count). The van der Waals surface area contributed by atoms with E-state index in [0.717, 1.165) is 5.56 Å². The topological polar surface area (TPSA) is 65.1 Å². The molecule has 1 fully saturated rings. The van der Waals surface area contributed by atoms with Gasteiger partial charge in [0.2, 0.25) is 0 Å². The van der Waals surface area contributed by atoms with Crippen molar-refractivity contribution in [3.8, 4) is 0 Å². The number of nitrogens with zero attached hydrogens (tertiary/aromatic N) is 1. The molecule has 6 nitrogen and oxygen atoms in total. The van der Waals surface area contributed by atoms with Crippen molar-refractivity contribution < 1.29 is 23.8 Å². The van der Waals surface area contributed by atoms with Gasteiger partial charge in [-0.2, -0.15) is 0 Å². The van der Waals surface area contributed by atoms with Gasteiger partial charge in [-0.25, -0.2) is 0 Å². The van der Waals surface area contributed by atoms with E-state index in [0.29, 0.717) is 18.9 Å². The predicted octanol–water partition coefficient (Wildman–Crippen LogP) is 5.03. The predicted molar refractivity (Wildman–Crippen MR) is 115 cm³/mol. The van der Waals surface area contributed by atoms with Crippen LogP contribution in [-0.2, 0) is 19.0 Å². The summed E-state index contributed by atoms with van der Waals surface area (Å²) >= 11 is 12.5. The number of rotatable bonds is 5. The van der Waals surface area contributed by atoms with Crippen molar-refractivity contribution in [2.45, 2.75) is 32.7 Å². The Morgan fingerprint density at radius 1 is 1.07 bits per heavy atom. The summed E-state index contributed by atoms with van der Waals surface area (Å²) in [7, 11) is 0. The maximum Gasteiger partial charge on any atom is 0.326 e. The van der Waals surface area contributed by atoms with Crippen molar-refractivity contribution in [1.82, 2.24) is 0 Å². The van der Waals surface area contributed by atoms with Gasteiger partial charge >= 0.3 is 5.97 Å². The lowest BCUT2D eigenvalue weighted by atomic mass is 10.1. The van der Waals surface area contributed by atoms with Gasteiger partial charge in [0.1, 0.15) is 12.1 Å². The van der Waals surface area contributed by atoms with Crippen LogP contribution in [0.25, 0.3) is 0 Å². The van der Waals surface area contributed by atoms with Crippen molar-refractivity contribution in [3.63, 3.8) is 0 Å². The van der Waals surface area contributed by atoms with E-state index in [4.69, 9.17) is 37.4 Å². The van der Waals surface area contributed by atoms with E-state index in [1.165, 1.54) is 4.90 Å². The number of esters is 1. The molecule has 2 aromatic rings. The molecule has 0 atom stereocenters. The minimum absolute atomic E-state index is 0.114. The van der Waals surface area contributed by atoms with E-state index < -0.39 is 23.8 Å². The Hall–Kier alpha value is -2.12. The van der Waals surface area contributed by atoms with Gasteiger partial charge in [-0.1, -0.05) is 41.4 Å². The van der Waals surface area contributed by atoms with E-state index in [1.54, 1.807) is 57.2 Å². The smallest absolute Gasteiger partial charge is 0.326 e. The van der Waals surface area contributed by atoms with Gasteiger partial charge in [-0.3, -0.25) is 14.5 Å². The highest BCUT2D eigenvalue weighted by atomic mass is 35.5. The van der Waals surface area contributed by atoms with Crippen LogP contribution < -0.4 is 4.90 Å². The molecule has 0 aromatic heterocycles. The molecule has 0 N–H and O–H groups in total. The van der Waals surface area contributed by atoms with Gasteiger partial charge in [0.05, 0.1) is 28.8 Å². The van der Waals surface area contributed by atoms with Crippen LogP contribution in [0.2, 0.25) is 10.0 Å². The fraction of sp³-hybridized carbons (Fsp3) is 0.364. The number of carbonyl (C=O) groups is 2. The molecule has 0 saturated carbocycles. The number of carbonyl (C=O) groups excluding carboxylic acids is 2. The lowest BCUT2D eigenvalue weighted by Crippen LogP contribution is -2.39. The number of halogens is 2. The third kappa shape index (κ3) is 5.52. The van der Waals surface area contributed by atoms with Gasteiger partial charge < -0.3 is 14.2 Å². The molecule has 0 unspecified atom stereocenters. The summed E-state index contributed by atoms with van der Waals surface area (Å²) in [6.07, 6.45) is -0.521. The maximum atomic E-state index is 13.4. The van der Waals surface area contributed by atoms with Crippen LogP contribution in [0.1, 0.15) is 43.0 Å². The molecular formula is C22H23Cl2NO5. The molecule has 8 heteroatoms. The average Bonchev–Trinajstić information content (AvgIpc) is 3.19. The van der Waals surface area contributed by atoms with Crippen LogP contribution in [0.3, 0.4) is 0 Å². The molecule has 1 saturated heterocycles. The van der Waals surface area contributed by atoms with Gasteiger partial charge in [-0.15, -0.1) is 0 Å². The van der Waals surface area contributed by atoms with Gasteiger partial charge in [0.25, 0.3) is 5.91 Å². The minimum Gasteiger partial charge on any atom is -0.459 e. The molecule has 2 aromatic carbocycles. The first-order valence-corrected chi connectivity index (χ1v) is 10.2. The molecule has 30 heavy (non-hydrogen) atoms. The third-order valence-corrected chi connectivity index (χ3v) is 4.83. The molecule has 0 spiro atoms. The number of anilines is 1. The summed E-state index contributed by atoms with van der Waals surface area (Å²) in [5.74, 6) is -1.07. The highest BCUT2D eigenvalue weighted by molar-refractivity contribution is 6.40. The van der Waals surface area contributed by atoms with Crippen molar-refractivity contribution in [2.75, 3.05) is 24.7 Å². The molecule has 1 aliphatic heterocycles. The Bertz CT molecular complexity index is 915. The zero-order valence-electron chi connectivity index (χ0n) is 17.0. The number of benzene rings is 2. The van der Waals surface area contributed by atoms with Crippen LogP contribution in [0.15, 0.2) is 42.5 Å². The van der Waals surface area contributed by atoms with Crippen molar-refractivity contribution in [2.24, 2.45) is 0 Å². The summed E-state index contributed by atoms with van der Waals surface area (Å²) in [4.78, 5) is 27.3. The minimum atomic E-state index is -0.693. The quantitative estimate of drug-likeness (QED) is 0.596. The summed E-state index contributed by atoms with van der Waals surface area (Å²) in [6.45, 7) is 5.95. The van der Waals surface area contributed by atoms with Crippen LogP contribution in [0.5, 0.6) is 0 Å². The maximum absolute atomic E-state index is 13.4. The second-order valence-corrected chi connectivity index (χ2v) is 8.56. The Kier molecular flexibility index (Phi) is 7.03. The zero-order valence-corrected chi connectivity index (χ0v) is 18.5. The Morgan fingerprint density at radius 3 is 2.27 bits per heavy atom. The van der Waals surface area contributed by atoms with Crippen molar-refractivity contribution in [3.05, 3.63) is 63.6 Å². The second-order valence-electron chi connectivity index (χ2n) is 7.74. The summed E-state index contributed by atoms with van der Waals surface area (Å²) in [5, 5.41) is 0.389. The molecule has 0 aliphatic carbocycles. The SMILES string of the molecule is CC(C)(C)OC(=O)CN(C(=O)c1c(Cl)cccc1Cl)c1cccc(C2OCCO2)c1. The van der Waals surface area contributed by atoms with E-state index in [2.05, 4.69) is 0 Å². The number of amides is 1. The van der Waals surface area contributed by atoms with Gasteiger partial charge in [0.15, 0.2) is 6.29 Å². The second kappa shape index (κ2) is 9.35. The first kappa shape index (κ1) is 22.6. The molecular weight excluding hydrogens is 429 g/mol. The monoisotopic (exact) mass is 451 g/mol. The van der Waals surface area contributed by atoms with Crippen molar-refractivity contribution >= 4 is 40.8 Å². The first-order chi connectivity index (χ1) is 14.2. The number of ether oxygens (including phenoxy) is 3. The van der Waals surface area contributed by atoms with Crippen LogP contribution in [-0.4, -0.2) is 37.2 Å². The van der Waals surface area contributed by atoms with Gasteiger partial charge in [-0.05, 0) is 45.0 Å². The van der Waals surface area contributed by atoms with E-state index >= 15 is 0 Å². The van der Waals surface area contributed by atoms with Crippen LogP contribution in [0.4, 0.5) is 5.69 Å². The van der Waals surface area contributed by atoms with E-state index in [-0.39, 0.29) is 22.2 Å². The lowest BCUT2D eigenvalue weighted by Gasteiger charge is -2.26.